The summed E-state index contributed by atoms with van der Waals surface area (Å²) in [5.41, 5.74) is 0.0164. The molecule has 1 spiro atoms. The molecule has 2 fully saturated rings. The number of hydrogen-bond acceptors (Lipinski definition) is 4. The smallest absolute Gasteiger partial charge is 0.0858 e. The van der Waals surface area contributed by atoms with Crippen molar-refractivity contribution in [1.82, 2.24) is 5.32 Å². The molecule has 0 amide bonds. The fourth-order valence-corrected chi connectivity index (χ4v) is 3.01. The van der Waals surface area contributed by atoms with Crippen LogP contribution >= 0.6 is 0 Å². The Labute approximate surface area is 104 Å². The highest BCUT2D eigenvalue weighted by Crippen LogP contribution is 2.33. The van der Waals surface area contributed by atoms with Gasteiger partial charge in [0.1, 0.15) is 0 Å². The summed E-state index contributed by atoms with van der Waals surface area (Å²) >= 11 is 0. The topological polar surface area (TPSA) is 39.7 Å². The van der Waals surface area contributed by atoms with E-state index in [1.54, 1.807) is 7.11 Å². The zero-order valence-electron chi connectivity index (χ0n) is 10.9. The van der Waals surface area contributed by atoms with Crippen LogP contribution < -0.4 is 5.32 Å². The molecule has 17 heavy (non-hydrogen) atoms. The molecule has 2 unspecified atom stereocenters. The number of morpholine rings is 1. The Kier molecular flexibility index (Phi) is 5.22. The number of hydrogen-bond donors (Lipinski definition) is 1. The minimum Gasteiger partial charge on any atom is -0.385 e. The van der Waals surface area contributed by atoms with Crippen molar-refractivity contribution in [2.45, 2.75) is 43.7 Å². The van der Waals surface area contributed by atoms with E-state index in [4.69, 9.17) is 14.2 Å². The molecule has 2 aliphatic heterocycles. The van der Waals surface area contributed by atoms with Crippen LogP contribution in [-0.2, 0) is 14.2 Å². The first-order chi connectivity index (χ1) is 8.37. The Morgan fingerprint density at radius 3 is 3.12 bits per heavy atom. The van der Waals surface area contributed by atoms with E-state index in [0.717, 1.165) is 65.1 Å². The molecule has 0 aromatic carbocycles. The average molecular weight is 243 g/mol. The maximum Gasteiger partial charge on any atom is 0.0858 e. The number of ether oxygens (including phenoxy) is 3. The van der Waals surface area contributed by atoms with Crippen LogP contribution in [0.15, 0.2) is 0 Å². The Hall–Kier alpha value is -0.160. The van der Waals surface area contributed by atoms with Crippen molar-refractivity contribution in [3.05, 3.63) is 0 Å². The summed E-state index contributed by atoms with van der Waals surface area (Å²) in [5, 5.41) is 3.63. The summed E-state index contributed by atoms with van der Waals surface area (Å²) < 4.78 is 16.8. The van der Waals surface area contributed by atoms with Gasteiger partial charge in [-0.2, -0.15) is 0 Å². The summed E-state index contributed by atoms with van der Waals surface area (Å²) in [6.45, 7) is 4.37. The van der Waals surface area contributed by atoms with Gasteiger partial charge in [0.15, 0.2) is 0 Å². The maximum atomic E-state index is 6.15. The predicted molar refractivity (Wildman–Crippen MR) is 66.3 cm³/mol. The number of rotatable bonds is 4. The number of nitrogens with one attached hydrogen (secondary N) is 1. The fraction of sp³-hybridized carbons (Fsp3) is 1.00. The Balaban J connectivity index is 1.94. The quantitative estimate of drug-likeness (QED) is 0.756. The second kappa shape index (κ2) is 6.69. The average Bonchev–Trinajstić information content (AvgIpc) is 2.59. The fourth-order valence-electron chi connectivity index (χ4n) is 3.01. The Bertz CT molecular complexity index is 215. The molecule has 100 valence electrons. The van der Waals surface area contributed by atoms with Gasteiger partial charge >= 0.3 is 0 Å². The van der Waals surface area contributed by atoms with Gasteiger partial charge in [-0.3, -0.25) is 0 Å². The van der Waals surface area contributed by atoms with Gasteiger partial charge in [-0.1, -0.05) is 0 Å². The normalized spacial score (nSPS) is 34.8. The van der Waals surface area contributed by atoms with Crippen LogP contribution in [0, 0.1) is 0 Å². The minimum atomic E-state index is 0.0164. The molecule has 0 saturated carbocycles. The van der Waals surface area contributed by atoms with E-state index < -0.39 is 0 Å². The predicted octanol–water partition coefficient (Wildman–Crippen LogP) is 1.34. The summed E-state index contributed by atoms with van der Waals surface area (Å²) in [6.07, 6.45) is 5.49. The van der Waals surface area contributed by atoms with E-state index in [-0.39, 0.29) is 5.60 Å². The van der Waals surface area contributed by atoms with Gasteiger partial charge in [0.05, 0.1) is 12.2 Å². The van der Waals surface area contributed by atoms with Crippen molar-refractivity contribution in [2.24, 2.45) is 0 Å². The van der Waals surface area contributed by atoms with Gasteiger partial charge < -0.3 is 19.5 Å². The first kappa shape index (κ1) is 13.3. The third-order valence-electron chi connectivity index (χ3n) is 3.92. The van der Waals surface area contributed by atoms with Crippen LogP contribution in [0.25, 0.3) is 0 Å². The van der Waals surface area contributed by atoms with Crippen LogP contribution in [-0.4, -0.2) is 51.7 Å². The second-order valence-electron chi connectivity index (χ2n) is 5.02. The van der Waals surface area contributed by atoms with Crippen LogP contribution in [0.1, 0.15) is 32.1 Å². The van der Waals surface area contributed by atoms with Crippen molar-refractivity contribution in [3.63, 3.8) is 0 Å². The van der Waals surface area contributed by atoms with E-state index in [1.165, 1.54) is 0 Å². The van der Waals surface area contributed by atoms with E-state index >= 15 is 0 Å². The molecule has 0 aromatic heterocycles. The minimum absolute atomic E-state index is 0.0164. The van der Waals surface area contributed by atoms with Gasteiger partial charge in [0.25, 0.3) is 0 Å². The lowest BCUT2D eigenvalue weighted by atomic mass is 9.83. The van der Waals surface area contributed by atoms with E-state index in [1.807, 2.05) is 0 Å². The lowest BCUT2D eigenvalue weighted by Crippen LogP contribution is -2.58. The second-order valence-corrected chi connectivity index (χ2v) is 5.02. The Morgan fingerprint density at radius 2 is 2.24 bits per heavy atom. The zero-order chi connectivity index (χ0) is 12.0. The Morgan fingerprint density at radius 1 is 1.29 bits per heavy atom. The molecular formula is C13H25NO3. The standard InChI is InChI=1S/C13H25NO3/c1-15-8-2-4-12-13(17-11-7-14-12)5-3-9-16-10-6-13/h12,14H,2-11H2,1H3. The van der Waals surface area contributed by atoms with E-state index in [9.17, 15) is 0 Å². The molecule has 2 saturated heterocycles. The third-order valence-corrected chi connectivity index (χ3v) is 3.92. The van der Waals surface area contributed by atoms with Crippen LogP contribution in [0.5, 0.6) is 0 Å². The van der Waals surface area contributed by atoms with E-state index in [0.29, 0.717) is 6.04 Å². The SMILES string of the molecule is COCCCC1NCCOC12CCCOCC2. The zero-order valence-corrected chi connectivity index (χ0v) is 10.9. The molecule has 0 aromatic rings. The summed E-state index contributed by atoms with van der Waals surface area (Å²) in [5.74, 6) is 0. The van der Waals surface area contributed by atoms with Crippen molar-refractivity contribution in [3.8, 4) is 0 Å². The lowest BCUT2D eigenvalue weighted by Gasteiger charge is -2.44. The number of methoxy groups -OCH3 is 1. The van der Waals surface area contributed by atoms with Gasteiger partial charge in [0.2, 0.25) is 0 Å². The molecule has 2 heterocycles. The largest absolute Gasteiger partial charge is 0.385 e. The van der Waals surface area contributed by atoms with Gasteiger partial charge in [0, 0.05) is 45.9 Å². The van der Waals surface area contributed by atoms with E-state index in [2.05, 4.69) is 5.32 Å². The summed E-state index contributed by atoms with van der Waals surface area (Å²) in [6, 6.07) is 0.466. The molecule has 2 aliphatic rings. The molecule has 2 atom stereocenters. The first-order valence-corrected chi connectivity index (χ1v) is 6.81. The van der Waals surface area contributed by atoms with Gasteiger partial charge in [-0.05, 0) is 25.7 Å². The summed E-state index contributed by atoms with van der Waals surface area (Å²) in [4.78, 5) is 0. The van der Waals surface area contributed by atoms with Crippen molar-refractivity contribution in [1.29, 1.82) is 0 Å². The van der Waals surface area contributed by atoms with Crippen LogP contribution in [0.3, 0.4) is 0 Å². The van der Waals surface area contributed by atoms with Gasteiger partial charge in [-0.25, -0.2) is 0 Å². The highest BCUT2D eigenvalue weighted by atomic mass is 16.5. The molecule has 0 radical (unpaired) electrons. The molecule has 2 rings (SSSR count). The molecular weight excluding hydrogens is 218 g/mol. The lowest BCUT2D eigenvalue weighted by molar-refractivity contribution is -0.110. The van der Waals surface area contributed by atoms with Crippen LogP contribution in [0.4, 0.5) is 0 Å². The highest BCUT2D eigenvalue weighted by molar-refractivity contribution is 4.96. The van der Waals surface area contributed by atoms with Crippen molar-refractivity contribution < 1.29 is 14.2 Å². The summed E-state index contributed by atoms with van der Waals surface area (Å²) in [7, 11) is 1.76. The van der Waals surface area contributed by atoms with Crippen LogP contribution in [0.2, 0.25) is 0 Å². The maximum absolute atomic E-state index is 6.15. The van der Waals surface area contributed by atoms with Crippen molar-refractivity contribution >= 4 is 0 Å². The first-order valence-electron chi connectivity index (χ1n) is 6.81. The highest BCUT2D eigenvalue weighted by Gasteiger charge is 2.41. The van der Waals surface area contributed by atoms with Crippen molar-refractivity contribution in [2.75, 3.05) is 40.1 Å². The molecule has 1 N–H and O–H groups in total. The molecule has 0 bridgehead atoms. The third kappa shape index (κ3) is 3.41. The molecule has 4 nitrogen and oxygen atoms in total. The molecule has 0 aliphatic carbocycles. The monoisotopic (exact) mass is 243 g/mol. The van der Waals surface area contributed by atoms with Gasteiger partial charge in [-0.15, -0.1) is 0 Å². The molecule has 4 heteroatoms.